The maximum Gasteiger partial charge on any atom is 0.307 e. The molecular weight excluding hydrogens is 428 g/mol. The van der Waals surface area contributed by atoms with Gasteiger partial charge in [-0.25, -0.2) is 9.97 Å². The summed E-state index contributed by atoms with van der Waals surface area (Å²) in [7, 11) is 0. The Balaban J connectivity index is 0.000000568. The minimum absolute atomic E-state index is 0. The highest BCUT2D eigenvalue weighted by Gasteiger charge is 2.58. The first kappa shape index (κ1) is 27.8. The molecule has 0 saturated heterocycles. The summed E-state index contributed by atoms with van der Waals surface area (Å²) in [4.78, 5) is 48.2. The second-order valence-corrected chi connectivity index (χ2v) is 6.42. The number of hydrogen-bond donors (Lipinski definition) is 2. The number of aliphatic carboxylic acids is 4. The first-order chi connectivity index (χ1) is 14.2. The van der Waals surface area contributed by atoms with Gasteiger partial charge in [-0.1, -0.05) is 12.2 Å². The molecule has 1 fully saturated rings. The Morgan fingerprint density at radius 1 is 0.656 bits per heavy atom. The number of rotatable bonds is 6. The molecule has 0 aromatic carbocycles. The highest BCUT2D eigenvalue weighted by molar-refractivity contribution is 5.95. The fourth-order valence-electron chi connectivity index (χ4n) is 3.16. The van der Waals surface area contributed by atoms with Crippen LogP contribution in [0.1, 0.15) is 11.1 Å². The van der Waals surface area contributed by atoms with E-state index in [2.05, 4.69) is 22.1 Å². The molecule has 1 saturated carbocycles. The fraction of sp³-hybridized carbons (Fsp3) is 0.200. The van der Waals surface area contributed by atoms with Crippen molar-refractivity contribution in [1.82, 2.24) is 0 Å². The molecule has 0 amide bonds. The first-order valence-electron chi connectivity index (χ1n) is 8.71. The molecule has 0 spiro atoms. The van der Waals surface area contributed by atoms with Crippen molar-refractivity contribution in [3.8, 4) is 0 Å². The van der Waals surface area contributed by atoms with Crippen LogP contribution in [0.15, 0.2) is 49.1 Å². The number of carbonyl (C=O) groups excluding carboxylic acids is 2. The van der Waals surface area contributed by atoms with Crippen LogP contribution in [-0.4, -0.2) is 45.0 Å². The van der Waals surface area contributed by atoms with E-state index in [0.29, 0.717) is 0 Å². The third-order valence-corrected chi connectivity index (χ3v) is 4.62. The Hall–Kier alpha value is -4.16. The van der Waals surface area contributed by atoms with Gasteiger partial charge in [-0.15, -0.1) is 0 Å². The molecule has 32 heavy (non-hydrogen) atoms. The van der Waals surface area contributed by atoms with Crippen molar-refractivity contribution in [2.45, 2.75) is 0 Å². The number of carbonyl (C=O) groups is 4. The smallest absolute Gasteiger partial charge is 0.307 e. The largest absolute Gasteiger partial charge is 0.550 e. The van der Waals surface area contributed by atoms with E-state index in [1.807, 2.05) is 49.1 Å². The average molecular weight is 450 g/mol. The summed E-state index contributed by atoms with van der Waals surface area (Å²) in [5, 5.41) is 38.2. The Bertz CT molecular complexity index is 828. The van der Waals surface area contributed by atoms with Crippen LogP contribution in [0.5, 0.6) is 0 Å². The van der Waals surface area contributed by atoms with E-state index >= 15 is 0 Å². The lowest BCUT2D eigenvalue weighted by molar-refractivity contribution is -0.378. The fourth-order valence-corrected chi connectivity index (χ4v) is 3.16. The molecule has 12 nitrogen and oxygen atoms in total. The van der Waals surface area contributed by atoms with Gasteiger partial charge in [0.1, 0.15) is 0 Å². The molecule has 12 heteroatoms. The number of H-pyrrole nitrogens is 2. The van der Waals surface area contributed by atoms with Crippen LogP contribution in [0.3, 0.4) is 0 Å². The van der Waals surface area contributed by atoms with Crippen molar-refractivity contribution in [3.63, 3.8) is 0 Å². The summed E-state index contributed by atoms with van der Waals surface area (Å²) >= 11 is 0. The van der Waals surface area contributed by atoms with Gasteiger partial charge in [-0.2, -0.15) is 0 Å². The van der Waals surface area contributed by atoms with E-state index < -0.39 is 47.5 Å². The Labute approximate surface area is 181 Å². The van der Waals surface area contributed by atoms with Crippen molar-refractivity contribution in [2.24, 2.45) is 23.7 Å². The molecule has 3 rings (SSSR count). The number of carboxylic acid groups (broad SMARTS) is 4. The van der Waals surface area contributed by atoms with Crippen LogP contribution in [0, 0.1) is 23.7 Å². The molecule has 2 aromatic heterocycles. The van der Waals surface area contributed by atoms with Crippen molar-refractivity contribution in [1.29, 1.82) is 0 Å². The van der Waals surface area contributed by atoms with Gasteiger partial charge < -0.3 is 41.0 Å². The molecule has 0 radical (unpaired) electrons. The second kappa shape index (κ2) is 12.5. The predicted octanol–water partition coefficient (Wildman–Crippen LogP) is -4.03. The molecule has 2 aromatic rings. The molecule has 0 aliphatic heterocycles. The van der Waals surface area contributed by atoms with Gasteiger partial charge in [0.05, 0.1) is 11.8 Å². The van der Waals surface area contributed by atoms with Gasteiger partial charge >= 0.3 is 11.9 Å². The van der Waals surface area contributed by atoms with Crippen molar-refractivity contribution < 1.29 is 60.5 Å². The molecule has 8 N–H and O–H groups in total. The van der Waals surface area contributed by atoms with Crippen LogP contribution >= 0.6 is 0 Å². The predicted molar refractivity (Wildman–Crippen MR) is 101 cm³/mol. The lowest BCUT2D eigenvalue weighted by Crippen LogP contribution is -2.64. The first-order valence-corrected chi connectivity index (χ1v) is 8.71. The zero-order valence-corrected chi connectivity index (χ0v) is 16.4. The summed E-state index contributed by atoms with van der Waals surface area (Å²) < 4.78 is 0. The SMILES string of the molecule is C(=C\c1cc[nH+]cc1)/c1cc[nH+]cc1.O.O.O=C([O-])C1C(C(=O)O)C(C(=O)[O-])C1C(=O)O. The van der Waals surface area contributed by atoms with E-state index in [0.717, 1.165) is 0 Å². The van der Waals surface area contributed by atoms with E-state index in [9.17, 15) is 29.4 Å². The Morgan fingerprint density at radius 3 is 1.16 bits per heavy atom. The molecule has 0 atom stereocenters. The molecule has 2 heterocycles. The molecule has 0 unspecified atom stereocenters. The molecule has 0 bridgehead atoms. The maximum absolute atomic E-state index is 10.6. The number of aromatic amines is 2. The summed E-state index contributed by atoms with van der Waals surface area (Å²) in [5.41, 5.74) is 2.38. The standard InChI is InChI=1S/C12H10N2.C8H8O8.2H2O/c1(11-3-7-13-8-4-11)2-12-5-9-14-10-6-12;9-5(10)1-2(6(11)12)4(8(15)16)3(1)7(13)14;;/h1-10H;1-4H,(H,9,10)(H,11,12)(H,13,14)(H,15,16);2*1H2/b2-1+;;;. The van der Waals surface area contributed by atoms with Gasteiger partial charge in [0.25, 0.3) is 0 Å². The lowest BCUT2D eigenvalue weighted by atomic mass is 9.56. The van der Waals surface area contributed by atoms with E-state index in [1.165, 1.54) is 11.1 Å². The third-order valence-electron chi connectivity index (χ3n) is 4.62. The molecule has 1 aliphatic rings. The van der Waals surface area contributed by atoms with Gasteiger partial charge in [0, 0.05) is 48.0 Å². The van der Waals surface area contributed by atoms with E-state index in [1.54, 1.807) is 0 Å². The summed E-state index contributed by atoms with van der Waals surface area (Å²) in [6.45, 7) is 0. The van der Waals surface area contributed by atoms with Gasteiger partial charge in [-0.05, 0) is 11.1 Å². The average Bonchev–Trinajstić information content (AvgIpc) is 2.66. The number of nitrogens with one attached hydrogen (secondary N) is 2. The summed E-state index contributed by atoms with van der Waals surface area (Å²) in [6.07, 6.45) is 11.8. The van der Waals surface area contributed by atoms with Gasteiger partial charge in [0.15, 0.2) is 24.8 Å². The number of pyridine rings is 2. The van der Waals surface area contributed by atoms with Crippen LogP contribution in [0.4, 0.5) is 0 Å². The topological polar surface area (TPSA) is 246 Å². The summed E-state index contributed by atoms with van der Waals surface area (Å²) in [5.74, 6) is -14.5. The van der Waals surface area contributed by atoms with Gasteiger partial charge in [-0.3, -0.25) is 9.59 Å². The van der Waals surface area contributed by atoms with Crippen molar-refractivity contribution >= 4 is 36.0 Å². The highest BCUT2D eigenvalue weighted by Crippen LogP contribution is 2.46. The van der Waals surface area contributed by atoms with E-state index in [-0.39, 0.29) is 11.0 Å². The number of aromatic nitrogens is 2. The monoisotopic (exact) mass is 450 g/mol. The van der Waals surface area contributed by atoms with Crippen LogP contribution in [0.2, 0.25) is 0 Å². The second-order valence-electron chi connectivity index (χ2n) is 6.42. The van der Waals surface area contributed by atoms with Crippen LogP contribution in [-0.2, 0) is 19.2 Å². The quantitative estimate of drug-likeness (QED) is 0.437. The molecular formula is C20H22N2O10. The maximum atomic E-state index is 10.6. The normalized spacial score (nSPS) is 20.9. The Morgan fingerprint density at radius 2 is 0.938 bits per heavy atom. The summed E-state index contributed by atoms with van der Waals surface area (Å²) in [6, 6.07) is 8.13. The minimum atomic E-state index is -1.89. The molecule has 172 valence electrons. The third kappa shape index (κ3) is 6.68. The van der Waals surface area contributed by atoms with E-state index in [4.69, 9.17) is 10.2 Å². The number of carboxylic acids is 4. The highest BCUT2D eigenvalue weighted by atomic mass is 16.4. The lowest BCUT2D eigenvalue weighted by Gasteiger charge is -2.48. The van der Waals surface area contributed by atoms with Crippen molar-refractivity contribution in [2.75, 3.05) is 0 Å². The number of hydrogen-bond acceptors (Lipinski definition) is 6. The molecule has 1 aliphatic carbocycles. The zero-order valence-electron chi connectivity index (χ0n) is 16.4. The minimum Gasteiger partial charge on any atom is -0.550 e. The zero-order chi connectivity index (χ0) is 22.3. The van der Waals surface area contributed by atoms with Crippen molar-refractivity contribution in [3.05, 3.63) is 60.2 Å². The van der Waals surface area contributed by atoms with Gasteiger partial charge in [0.2, 0.25) is 0 Å². The Kier molecular flexibility index (Phi) is 10.9. The van der Waals surface area contributed by atoms with Crippen LogP contribution < -0.4 is 20.2 Å². The van der Waals surface area contributed by atoms with Crippen LogP contribution in [0.25, 0.3) is 12.2 Å².